The van der Waals surface area contributed by atoms with Crippen LogP contribution in [0.15, 0.2) is 36.5 Å². The molecule has 150 valence electrons. The highest BCUT2D eigenvalue weighted by Crippen LogP contribution is 2.30. The average Bonchev–Trinajstić information content (AvgIpc) is 2.70. The minimum absolute atomic E-state index is 0.145. The van der Waals surface area contributed by atoms with E-state index in [1.807, 2.05) is 0 Å². The molecule has 3 rings (SSSR count). The van der Waals surface area contributed by atoms with E-state index in [4.69, 9.17) is 23.2 Å². The first-order valence-corrected chi connectivity index (χ1v) is 9.37. The second-order valence-corrected chi connectivity index (χ2v) is 6.89. The lowest BCUT2D eigenvalue weighted by molar-refractivity contribution is -0.109. The summed E-state index contributed by atoms with van der Waals surface area (Å²) >= 11 is 11.9. The number of amides is 2. The molecular formula is C19H17Cl2N5O3. The quantitative estimate of drug-likeness (QED) is 0.320. The summed E-state index contributed by atoms with van der Waals surface area (Å²) in [5.41, 5.74) is 0.770. The van der Waals surface area contributed by atoms with E-state index in [1.165, 1.54) is 6.20 Å². The SMILES string of the molecule is O=CNCCNc1nc(C(=O)NCc2cc(Cl)cc(Cl)c2)c(O)c2ncccc12. The van der Waals surface area contributed by atoms with Crippen LogP contribution in [0, 0.1) is 0 Å². The highest BCUT2D eigenvalue weighted by atomic mass is 35.5. The number of nitrogens with one attached hydrogen (secondary N) is 3. The van der Waals surface area contributed by atoms with E-state index >= 15 is 0 Å². The van der Waals surface area contributed by atoms with Crippen LogP contribution in [0.4, 0.5) is 5.82 Å². The Bertz CT molecular complexity index is 1040. The van der Waals surface area contributed by atoms with Crippen LogP contribution in [0.25, 0.3) is 10.9 Å². The van der Waals surface area contributed by atoms with Gasteiger partial charge in [-0.3, -0.25) is 14.6 Å². The monoisotopic (exact) mass is 433 g/mol. The van der Waals surface area contributed by atoms with Crippen molar-refractivity contribution in [2.24, 2.45) is 0 Å². The minimum atomic E-state index is -0.583. The molecule has 2 aromatic heterocycles. The zero-order chi connectivity index (χ0) is 20.8. The number of rotatable bonds is 8. The normalized spacial score (nSPS) is 10.6. The summed E-state index contributed by atoms with van der Waals surface area (Å²) in [5.74, 6) is -0.534. The Hall–Kier alpha value is -3.10. The summed E-state index contributed by atoms with van der Waals surface area (Å²) < 4.78 is 0. The van der Waals surface area contributed by atoms with E-state index in [9.17, 15) is 14.7 Å². The lowest BCUT2D eigenvalue weighted by Gasteiger charge is -2.13. The van der Waals surface area contributed by atoms with Crippen molar-refractivity contribution in [1.82, 2.24) is 20.6 Å². The number of hydrogen-bond donors (Lipinski definition) is 4. The second kappa shape index (κ2) is 9.40. The van der Waals surface area contributed by atoms with E-state index in [1.54, 1.807) is 30.3 Å². The highest BCUT2D eigenvalue weighted by Gasteiger charge is 2.20. The van der Waals surface area contributed by atoms with Gasteiger partial charge in [0, 0.05) is 41.3 Å². The molecule has 0 bridgehead atoms. The number of hydrogen-bond acceptors (Lipinski definition) is 6. The molecule has 4 N–H and O–H groups in total. The van der Waals surface area contributed by atoms with Gasteiger partial charge >= 0.3 is 0 Å². The Morgan fingerprint density at radius 3 is 2.66 bits per heavy atom. The summed E-state index contributed by atoms with van der Waals surface area (Å²) in [6.45, 7) is 0.889. The molecule has 0 radical (unpaired) electrons. The molecule has 0 aliphatic carbocycles. The van der Waals surface area contributed by atoms with Gasteiger partial charge in [-0.2, -0.15) is 0 Å². The topological polar surface area (TPSA) is 116 Å². The number of carbonyl (C=O) groups is 2. The Labute approximate surface area is 176 Å². The van der Waals surface area contributed by atoms with Crippen molar-refractivity contribution in [1.29, 1.82) is 0 Å². The maximum absolute atomic E-state index is 12.7. The van der Waals surface area contributed by atoms with Crippen molar-refractivity contribution < 1.29 is 14.7 Å². The molecule has 8 nitrogen and oxygen atoms in total. The smallest absolute Gasteiger partial charge is 0.274 e. The zero-order valence-corrected chi connectivity index (χ0v) is 16.6. The first-order chi connectivity index (χ1) is 14.0. The molecule has 10 heteroatoms. The summed E-state index contributed by atoms with van der Waals surface area (Å²) in [7, 11) is 0. The van der Waals surface area contributed by atoms with Crippen molar-refractivity contribution >= 4 is 52.2 Å². The van der Waals surface area contributed by atoms with Crippen molar-refractivity contribution in [3.05, 3.63) is 57.8 Å². The number of anilines is 1. The lowest BCUT2D eigenvalue weighted by Crippen LogP contribution is -2.25. The van der Waals surface area contributed by atoms with Gasteiger partial charge < -0.3 is 21.1 Å². The molecule has 0 spiro atoms. The summed E-state index contributed by atoms with van der Waals surface area (Å²) in [5, 5.41) is 20.2. The number of pyridine rings is 2. The Balaban J connectivity index is 1.85. The fourth-order valence-corrected chi connectivity index (χ4v) is 3.28. The van der Waals surface area contributed by atoms with Gasteiger partial charge in [0.2, 0.25) is 6.41 Å². The van der Waals surface area contributed by atoms with E-state index in [2.05, 4.69) is 25.9 Å². The first-order valence-electron chi connectivity index (χ1n) is 8.61. The molecule has 1 aromatic carbocycles. The molecule has 0 unspecified atom stereocenters. The van der Waals surface area contributed by atoms with Gasteiger partial charge in [-0.15, -0.1) is 0 Å². The third-order valence-corrected chi connectivity index (χ3v) is 4.41. The number of carbonyl (C=O) groups excluding carboxylic acids is 2. The molecule has 0 atom stereocenters. The zero-order valence-electron chi connectivity index (χ0n) is 15.1. The molecule has 0 fully saturated rings. The van der Waals surface area contributed by atoms with Crippen LogP contribution in [0.2, 0.25) is 10.0 Å². The van der Waals surface area contributed by atoms with Crippen LogP contribution in [0.3, 0.4) is 0 Å². The predicted molar refractivity (Wildman–Crippen MR) is 111 cm³/mol. The van der Waals surface area contributed by atoms with Crippen LogP contribution in [-0.2, 0) is 11.3 Å². The van der Waals surface area contributed by atoms with Crippen LogP contribution in [-0.4, -0.2) is 40.5 Å². The van der Waals surface area contributed by atoms with Gasteiger partial charge in [-0.05, 0) is 35.9 Å². The van der Waals surface area contributed by atoms with Crippen molar-refractivity contribution in [2.45, 2.75) is 6.54 Å². The minimum Gasteiger partial charge on any atom is -0.504 e. The molecule has 29 heavy (non-hydrogen) atoms. The van der Waals surface area contributed by atoms with Crippen LogP contribution in [0.1, 0.15) is 16.1 Å². The van der Waals surface area contributed by atoms with Gasteiger partial charge in [-0.25, -0.2) is 4.98 Å². The molecule has 0 aliphatic rings. The van der Waals surface area contributed by atoms with Crippen LogP contribution < -0.4 is 16.0 Å². The van der Waals surface area contributed by atoms with E-state index in [-0.39, 0.29) is 23.5 Å². The molecule has 0 saturated heterocycles. The van der Waals surface area contributed by atoms with Gasteiger partial charge in [0.05, 0.1) is 0 Å². The maximum atomic E-state index is 12.7. The average molecular weight is 434 g/mol. The molecular weight excluding hydrogens is 417 g/mol. The molecule has 0 aliphatic heterocycles. The fourth-order valence-electron chi connectivity index (χ4n) is 2.71. The number of aromatic hydroxyl groups is 1. The Morgan fingerprint density at radius 2 is 1.93 bits per heavy atom. The van der Waals surface area contributed by atoms with Crippen molar-refractivity contribution in [3.63, 3.8) is 0 Å². The first kappa shape index (κ1) is 20.6. The Morgan fingerprint density at radius 1 is 1.17 bits per heavy atom. The van der Waals surface area contributed by atoms with Crippen LogP contribution >= 0.6 is 23.2 Å². The van der Waals surface area contributed by atoms with E-state index < -0.39 is 5.91 Å². The number of halogens is 2. The van der Waals surface area contributed by atoms with Gasteiger partial charge in [0.25, 0.3) is 5.91 Å². The fraction of sp³-hybridized carbons (Fsp3) is 0.158. The van der Waals surface area contributed by atoms with Gasteiger partial charge in [-0.1, -0.05) is 23.2 Å². The second-order valence-electron chi connectivity index (χ2n) is 6.02. The number of fused-ring (bicyclic) bond motifs is 1. The summed E-state index contributed by atoms with van der Waals surface area (Å²) in [6, 6.07) is 8.36. The summed E-state index contributed by atoms with van der Waals surface area (Å²) in [4.78, 5) is 31.5. The molecule has 0 saturated carbocycles. The third kappa shape index (κ3) is 5.04. The van der Waals surface area contributed by atoms with Gasteiger partial charge in [0.1, 0.15) is 11.3 Å². The third-order valence-electron chi connectivity index (χ3n) is 3.97. The molecule has 2 heterocycles. The highest BCUT2D eigenvalue weighted by molar-refractivity contribution is 6.34. The largest absolute Gasteiger partial charge is 0.504 e. The molecule has 2 amide bonds. The standard InChI is InChI=1S/C19H17Cl2N5O3/c20-12-6-11(7-13(21)8-12)9-25-19(29)16-17(28)15-14(2-1-3-23-15)18(26-16)24-5-4-22-10-27/h1-3,6-8,10,28H,4-5,9H2,(H,22,27)(H,24,26)(H,25,29). The van der Waals surface area contributed by atoms with E-state index in [0.29, 0.717) is 46.3 Å². The number of benzene rings is 1. The molecule has 3 aromatic rings. The predicted octanol–water partition coefficient (Wildman–Crippen LogP) is 2.73. The summed E-state index contributed by atoms with van der Waals surface area (Å²) in [6.07, 6.45) is 2.10. The van der Waals surface area contributed by atoms with Gasteiger partial charge in [0.15, 0.2) is 11.4 Å². The lowest BCUT2D eigenvalue weighted by atomic mass is 10.2. The van der Waals surface area contributed by atoms with E-state index in [0.717, 1.165) is 0 Å². The van der Waals surface area contributed by atoms with Crippen LogP contribution in [0.5, 0.6) is 5.75 Å². The number of nitrogens with zero attached hydrogens (tertiary/aromatic N) is 2. The maximum Gasteiger partial charge on any atom is 0.274 e. The Kier molecular flexibility index (Phi) is 6.69. The number of aromatic nitrogens is 2. The van der Waals surface area contributed by atoms with Crippen molar-refractivity contribution in [3.8, 4) is 5.75 Å². The van der Waals surface area contributed by atoms with Crippen molar-refractivity contribution in [2.75, 3.05) is 18.4 Å².